The smallest absolute Gasteiger partial charge is 0.276 e. The summed E-state index contributed by atoms with van der Waals surface area (Å²) in [5, 5.41) is 12.9. The van der Waals surface area contributed by atoms with E-state index in [1.165, 1.54) is 0 Å². The van der Waals surface area contributed by atoms with Gasteiger partial charge in [-0.15, -0.1) is 5.10 Å². The molecule has 0 spiro atoms. The molecule has 8 nitrogen and oxygen atoms in total. The highest BCUT2D eigenvalue weighted by Gasteiger charge is 2.25. The van der Waals surface area contributed by atoms with Crippen LogP contribution in [0.25, 0.3) is 11.0 Å². The molecule has 176 valence electrons. The second-order valence-electron chi connectivity index (χ2n) is 7.92. The lowest BCUT2D eigenvalue weighted by Gasteiger charge is -2.22. The highest BCUT2D eigenvalue weighted by molar-refractivity contribution is 7.89. The van der Waals surface area contributed by atoms with Crippen LogP contribution in [0.5, 0.6) is 5.75 Å². The maximum atomic E-state index is 12.9. The van der Waals surface area contributed by atoms with Gasteiger partial charge in [-0.25, -0.2) is 0 Å². The fraction of sp³-hybridized carbons (Fsp3) is 0.240. The number of hydrogen-bond donors (Lipinski definition) is 1. The lowest BCUT2D eigenvalue weighted by molar-refractivity contribution is 0.185. The zero-order valence-corrected chi connectivity index (χ0v) is 19.9. The molecule has 0 aliphatic carbocycles. The number of ether oxygens (including phenoxy) is 1. The Morgan fingerprint density at radius 1 is 1.03 bits per heavy atom. The van der Waals surface area contributed by atoms with Crippen LogP contribution in [0.15, 0.2) is 88.9 Å². The van der Waals surface area contributed by atoms with Crippen molar-refractivity contribution >= 4 is 26.8 Å². The number of unbranched alkanes of at least 4 members (excludes halogenated alkanes) is 1. The maximum absolute atomic E-state index is 12.9. The van der Waals surface area contributed by atoms with E-state index < -0.39 is 16.3 Å². The van der Waals surface area contributed by atoms with E-state index in [4.69, 9.17) is 4.74 Å². The molecule has 0 amide bonds. The fourth-order valence-corrected chi connectivity index (χ4v) is 4.27. The van der Waals surface area contributed by atoms with E-state index in [1.54, 1.807) is 28.9 Å². The molecule has 4 rings (SSSR count). The second-order valence-corrected chi connectivity index (χ2v) is 9.58. The molecule has 0 bridgehead atoms. The van der Waals surface area contributed by atoms with E-state index in [9.17, 15) is 8.42 Å². The summed E-state index contributed by atoms with van der Waals surface area (Å²) < 4.78 is 33.8. The minimum atomic E-state index is -3.85. The first-order valence-electron chi connectivity index (χ1n) is 11.1. The van der Waals surface area contributed by atoms with Crippen molar-refractivity contribution in [2.45, 2.75) is 44.2 Å². The minimum Gasteiger partial charge on any atom is -0.463 e. The van der Waals surface area contributed by atoms with Gasteiger partial charge in [0.15, 0.2) is 0 Å². The Morgan fingerprint density at radius 3 is 2.47 bits per heavy atom. The first kappa shape index (κ1) is 23.4. The number of para-hydroxylation sites is 2. The van der Waals surface area contributed by atoms with Crippen molar-refractivity contribution in [1.29, 1.82) is 0 Å². The minimum absolute atomic E-state index is 0.142. The summed E-state index contributed by atoms with van der Waals surface area (Å²) in [6.07, 6.45) is 1.42. The van der Waals surface area contributed by atoms with Crippen LogP contribution in [0.3, 0.4) is 0 Å². The van der Waals surface area contributed by atoms with Gasteiger partial charge in [-0.3, -0.25) is 0 Å². The molecule has 4 aromatic rings. The van der Waals surface area contributed by atoms with Gasteiger partial charge in [0.25, 0.3) is 10.0 Å². The van der Waals surface area contributed by atoms with E-state index in [-0.39, 0.29) is 4.90 Å². The van der Waals surface area contributed by atoms with E-state index in [2.05, 4.69) is 27.2 Å². The van der Waals surface area contributed by atoms with Crippen LogP contribution < -0.4 is 9.57 Å². The molecule has 0 fully saturated rings. The second kappa shape index (κ2) is 10.5. The number of fused-ring (bicyclic) bond motifs is 1. The van der Waals surface area contributed by atoms with Crippen LogP contribution in [-0.4, -0.2) is 29.1 Å². The first-order chi connectivity index (χ1) is 16.5. The normalized spacial score (nSPS) is 13.1. The SMILES string of the molecule is CCCC/C(=N/NS(=O)(=O)c1ccc(C)cc1)C(Oc1ccccc1)n1nnc2ccccc21. The number of hydrazone groups is 1. The average Bonchev–Trinajstić information content (AvgIpc) is 3.28. The summed E-state index contributed by atoms with van der Waals surface area (Å²) in [6, 6.07) is 23.5. The predicted molar refractivity (Wildman–Crippen MR) is 132 cm³/mol. The Morgan fingerprint density at radius 2 is 1.74 bits per heavy atom. The summed E-state index contributed by atoms with van der Waals surface area (Å²) in [5.41, 5.74) is 2.94. The Balaban J connectivity index is 1.75. The van der Waals surface area contributed by atoms with Gasteiger partial charge in [-0.05, 0) is 56.2 Å². The molecular formula is C25H27N5O3S. The standard InChI is InChI=1S/C25H27N5O3S/c1-3-4-12-23(27-29-34(31,32)21-17-15-19(2)16-18-21)25(33-20-10-6-5-7-11-20)30-24-14-9-8-13-22(24)26-28-30/h5-11,13-18,25,29H,3-4,12H2,1-2H3/b27-23-. The van der Waals surface area contributed by atoms with Crippen molar-refractivity contribution in [3.05, 3.63) is 84.4 Å². The summed E-state index contributed by atoms with van der Waals surface area (Å²) in [7, 11) is -3.85. The molecule has 0 saturated carbocycles. The van der Waals surface area contributed by atoms with Gasteiger partial charge in [0, 0.05) is 0 Å². The third-order valence-electron chi connectivity index (χ3n) is 5.30. The molecule has 1 atom stereocenters. The van der Waals surface area contributed by atoms with Crippen molar-refractivity contribution in [3.63, 3.8) is 0 Å². The monoisotopic (exact) mass is 477 g/mol. The molecule has 3 aromatic carbocycles. The van der Waals surface area contributed by atoms with Gasteiger partial charge >= 0.3 is 0 Å². The van der Waals surface area contributed by atoms with Crippen molar-refractivity contribution in [1.82, 2.24) is 19.8 Å². The zero-order chi connectivity index (χ0) is 24.0. The molecule has 1 N–H and O–H groups in total. The average molecular weight is 478 g/mol. The number of hydrogen-bond acceptors (Lipinski definition) is 6. The number of nitrogens with one attached hydrogen (secondary N) is 1. The third-order valence-corrected chi connectivity index (χ3v) is 6.53. The van der Waals surface area contributed by atoms with E-state index in [0.717, 1.165) is 23.9 Å². The number of sulfonamides is 1. The van der Waals surface area contributed by atoms with E-state index in [1.807, 2.05) is 61.5 Å². The van der Waals surface area contributed by atoms with Crippen LogP contribution in [0.2, 0.25) is 0 Å². The van der Waals surface area contributed by atoms with E-state index >= 15 is 0 Å². The van der Waals surface area contributed by atoms with Crippen molar-refractivity contribution in [2.24, 2.45) is 5.10 Å². The number of nitrogens with zero attached hydrogens (tertiary/aromatic N) is 4. The first-order valence-corrected chi connectivity index (χ1v) is 12.6. The Hall–Kier alpha value is -3.72. The summed E-state index contributed by atoms with van der Waals surface area (Å²) in [5.74, 6) is 0.609. The van der Waals surface area contributed by atoms with Crippen molar-refractivity contribution in [2.75, 3.05) is 0 Å². The van der Waals surface area contributed by atoms with Gasteiger partial charge in [0.2, 0.25) is 6.23 Å². The van der Waals surface area contributed by atoms with Crippen LogP contribution >= 0.6 is 0 Å². The summed E-state index contributed by atoms with van der Waals surface area (Å²) in [6.45, 7) is 3.96. The van der Waals surface area contributed by atoms with Crippen LogP contribution in [0.4, 0.5) is 0 Å². The Bertz CT molecular complexity index is 1370. The lowest BCUT2D eigenvalue weighted by atomic mass is 10.1. The topological polar surface area (TPSA) is 98.5 Å². The number of aromatic nitrogens is 3. The van der Waals surface area contributed by atoms with Gasteiger partial charge in [0.05, 0.1) is 10.4 Å². The quantitative estimate of drug-likeness (QED) is 0.260. The zero-order valence-electron chi connectivity index (χ0n) is 19.1. The molecular weight excluding hydrogens is 450 g/mol. The Kier molecular flexibility index (Phi) is 7.22. The van der Waals surface area contributed by atoms with Gasteiger partial charge in [0.1, 0.15) is 17.0 Å². The predicted octanol–water partition coefficient (Wildman–Crippen LogP) is 4.84. The molecule has 1 aromatic heterocycles. The maximum Gasteiger partial charge on any atom is 0.276 e. The number of aryl methyl sites for hydroxylation is 1. The van der Waals surface area contributed by atoms with Crippen LogP contribution in [-0.2, 0) is 10.0 Å². The van der Waals surface area contributed by atoms with E-state index in [0.29, 0.717) is 23.4 Å². The summed E-state index contributed by atoms with van der Waals surface area (Å²) in [4.78, 5) is 2.54. The highest BCUT2D eigenvalue weighted by Crippen LogP contribution is 2.24. The third kappa shape index (κ3) is 5.43. The largest absolute Gasteiger partial charge is 0.463 e. The molecule has 0 saturated heterocycles. The van der Waals surface area contributed by atoms with Crippen molar-refractivity contribution in [3.8, 4) is 5.75 Å². The molecule has 0 aliphatic heterocycles. The number of rotatable bonds is 10. The van der Waals surface area contributed by atoms with Crippen LogP contribution in [0, 0.1) is 6.92 Å². The molecule has 9 heteroatoms. The van der Waals surface area contributed by atoms with Gasteiger partial charge < -0.3 is 4.74 Å². The molecule has 34 heavy (non-hydrogen) atoms. The molecule has 1 unspecified atom stereocenters. The van der Waals surface area contributed by atoms with Gasteiger partial charge in [-0.2, -0.15) is 23.0 Å². The number of benzene rings is 3. The molecule has 1 heterocycles. The highest BCUT2D eigenvalue weighted by atomic mass is 32.2. The van der Waals surface area contributed by atoms with Crippen LogP contribution in [0.1, 0.15) is 38.0 Å². The molecule has 0 radical (unpaired) electrons. The molecule has 0 aliphatic rings. The summed E-state index contributed by atoms with van der Waals surface area (Å²) >= 11 is 0. The fourth-order valence-electron chi connectivity index (χ4n) is 3.43. The van der Waals surface area contributed by atoms with Crippen molar-refractivity contribution < 1.29 is 13.2 Å². The lowest BCUT2D eigenvalue weighted by Crippen LogP contribution is -2.30. The van der Waals surface area contributed by atoms with Gasteiger partial charge in [-0.1, -0.05) is 66.6 Å². The Labute approximate surface area is 199 Å².